The van der Waals surface area contributed by atoms with E-state index in [4.69, 9.17) is 0 Å². The van der Waals surface area contributed by atoms with Crippen LogP contribution in [-0.2, 0) is 4.79 Å². The van der Waals surface area contributed by atoms with Gasteiger partial charge in [-0.15, -0.1) is 0 Å². The topological polar surface area (TPSA) is 113 Å². The van der Waals surface area contributed by atoms with E-state index in [1.165, 1.54) is 24.3 Å². The SMILES string of the molecule is O=C(NCCCN1CCN(C(=O)/C=C/c2cccc(O)c2)CC1)c1ccc(O)c(O)c1. The normalized spacial score (nSPS) is 14.6. The highest BCUT2D eigenvalue weighted by Crippen LogP contribution is 2.24. The van der Waals surface area contributed by atoms with Crippen molar-refractivity contribution in [3.05, 3.63) is 59.7 Å². The summed E-state index contributed by atoms with van der Waals surface area (Å²) in [5.41, 5.74) is 1.07. The van der Waals surface area contributed by atoms with Crippen molar-refractivity contribution in [3.63, 3.8) is 0 Å². The zero-order valence-electron chi connectivity index (χ0n) is 17.2. The number of amides is 2. The first-order chi connectivity index (χ1) is 14.9. The lowest BCUT2D eigenvalue weighted by atomic mass is 10.2. The molecule has 4 N–H and O–H groups in total. The number of hydrogen-bond acceptors (Lipinski definition) is 6. The van der Waals surface area contributed by atoms with Crippen LogP contribution >= 0.6 is 0 Å². The summed E-state index contributed by atoms with van der Waals surface area (Å²) in [5.74, 6) is -0.766. The van der Waals surface area contributed by atoms with Crippen LogP contribution in [0, 0.1) is 0 Å². The van der Waals surface area contributed by atoms with E-state index in [-0.39, 0.29) is 29.1 Å². The average Bonchev–Trinajstić information content (AvgIpc) is 2.77. The summed E-state index contributed by atoms with van der Waals surface area (Å²) < 4.78 is 0. The second-order valence-electron chi connectivity index (χ2n) is 7.41. The van der Waals surface area contributed by atoms with Crippen LogP contribution in [0.15, 0.2) is 48.5 Å². The third-order valence-corrected chi connectivity index (χ3v) is 5.15. The number of phenols is 3. The van der Waals surface area contributed by atoms with Gasteiger partial charge in [0.15, 0.2) is 11.5 Å². The number of piperazine rings is 1. The molecule has 2 aromatic rings. The fourth-order valence-electron chi connectivity index (χ4n) is 3.36. The van der Waals surface area contributed by atoms with Crippen LogP contribution in [0.4, 0.5) is 0 Å². The summed E-state index contributed by atoms with van der Waals surface area (Å²) in [4.78, 5) is 28.5. The molecule has 164 valence electrons. The Morgan fingerprint density at radius 1 is 0.968 bits per heavy atom. The number of hydrogen-bond donors (Lipinski definition) is 4. The van der Waals surface area contributed by atoms with Crippen molar-refractivity contribution in [3.8, 4) is 17.2 Å². The van der Waals surface area contributed by atoms with Gasteiger partial charge in [-0.25, -0.2) is 0 Å². The van der Waals surface area contributed by atoms with E-state index in [2.05, 4.69) is 10.2 Å². The van der Waals surface area contributed by atoms with Crippen LogP contribution in [0.2, 0.25) is 0 Å². The minimum absolute atomic E-state index is 0.0487. The van der Waals surface area contributed by atoms with Gasteiger partial charge >= 0.3 is 0 Å². The van der Waals surface area contributed by atoms with Gasteiger partial charge in [-0.05, 0) is 54.9 Å². The zero-order valence-corrected chi connectivity index (χ0v) is 17.2. The number of rotatable bonds is 7. The molecule has 0 unspecified atom stereocenters. The van der Waals surface area contributed by atoms with Gasteiger partial charge in [0.2, 0.25) is 5.91 Å². The summed E-state index contributed by atoms with van der Waals surface area (Å²) in [6.07, 6.45) is 3.99. The largest absolute Gasteiger partial charge is 0.508 e. The van der Waals surface area contributed by atoms with Crippen LogP contribution in [0.3, 0.4) is 0 Å². The lowest BCUT2D eigenvalue weighted by molar-refractivity contribution is -0.127. The second-order valence-corrected chi connectivity index (χ2v) is 7.41. The first-order valence-electron chi connectivity index (χ1n) is 10.2. The van der Waals surface area contributed by atoms with Crippen molar-refractivity contribution in [1.29, 1.82) is 0 Å². The third kappa shape index (κ3) is 6.48. The van der Waals surface area contributed by atoms with Gasteiger partial charge in [-0.1, -0.05) is 12.1 Å². The maximum absolute atomic E-state index is 12.4. The zero-order chi connectivity index (χ0) is 22.2. The van der Waals surface area contributed by atoms with Gasteiger partial charge in [0.25, 0.3) is 5.91 Å². The number of benzene rings is 2. The monoisotopic (exact) mass is 425 g/mol. The number of carbonyl (C=O) groups excluding carboxylic acids is 2. The molecule has 3 rings (SSSR count). The lowest BCUT2D eigenvalue weighted by Gasteiger charge is -2.34. The van der Waals surface area contributed by atoms with E-state index in [1.807, 2.05) is 6.07 Å². The maximum Gasteiger partial charge on any atom is 0.251 e. The minimum atomic E-state index is -0.322. The van der Waals surface area contributed by atoms with Crippen molar-refractivity contribution in [2.75, 3.05) is 39.3 Å². The van der Waals surface area contributed by atoms with Gasteiger partial charge in [0.05, 0.1) is 0 Å². The van der Waals surface area contributed by atoms with Crippen LogP contribution in [0.25, 0.3) is 6.08 Å². The molecule has 0 aromatic heterocycles. The highest BCUT2D eigenvalue weighted by atomic mass is 16.3. The molecule has 0 spiro atoms. The highest BCUT2D eigenvalue weighted by Gasteiger charge is 2.19. The third-order valence-electron chi connectivity index (χ3n) is 5.15. The van der Waals surface area contributed by atoms with E-state index in [0.29, 0.717) is 25.2 Å². The van der Waals surface area contributed by atoms with Gasteiger partial charge in [-0.3, -0.25) is 14.5 Å². The molecule has 0 bridgehead atoms. The molecule has 1 aliphatic rings. The number of nitrogens with zero attached hydrogens (tertiary/aromatic N) is 2. The van der Waals surface area contributed by atoms with Crippen LogP contribution < -0.4 is 5.32 Å². The summed E-state index contributed by atoms with van der Waals surface area (Å²) in [6.45, 7) is 4.12. The molecule has 1 saturated heterocycles. The smallest absolute Gasteiger partial charge is 0.251 e. The molecule has 1 fully saturated rings. The van der Waals surface area contributed by atoms with Crippen molar-refractivity contribution >= 4 is 17.9 Å². The first kappa shape index (κ1) is 22.2. The first-order valence-corrected chi connectivity index (χ1v) is 10.2. The fraction of sp³-hybridized carbons (Fsp3) is 0.304. The van der Waals surface area contributed by atoms with E-state index < -0.39 is 0 Å². The molecule has 2 amide bonds. The molecule has 8 nitrogen and oxygen atoms in total. The van der Waals surface area contributed by atoms with Crippen LogP contribution in [-0.4, -0.2) is 76.2 Å². The Bertz CT molecular complexity index is 952. The van der Waals surface area contributed by atoms with E-state index >= 15 is 0 Å². The van der Waals surface area contributed by atoms with E-state index in [1.54, 1.807) is 29.2 Å². The Hall–Kier alpha value is -3.52. The van der Waals surface area contributed by atoms with Crippen molar-refractivity contribution < 1.29 is 24.9 Å². The van der Waals surface area contributed by atoms with Crippen LogP contribution in [0.5, 0.6) is 17.2 Å². The molecule has 1 aliphatic heterocycles. The summed E-state index contributed by atoms with van der Waals surface area (Å²) in [6, 6.07) is 10.7. The Morgan fingerprint density at radius 3 is 2.45 bits per heavy atom. The van der Waals surface area contributed by atoms with Crippen molar-refractivity contribution in [2.45, 2.75) is 6.42 Å². The van der Waals surface area contributed by atoms with Crippen LogP contribution in [0.1, 0.15) is 22.3 Å². The maximum atomic E-state index is 12.4. The summed E-state index contributed by atoms with van der Waals surface area (Å²) in [5, 5.41) is 31.1. The minimum Gasteiger partial charge on any atom is -0.508 e. The summed E-state index contributed by atoms with van der Waals surface area (Å²) in [7, 11) is 0. The molecule has 2 aromatic carbocycles. The molecule has 0 aliphatic carbocycles. The predicted molar refractivity (Wildman–Crippen MR) is 117 cm³/mol. The molecular formula is C23H27N3O5. The molecular weight excluding hydrogens is 398 g/mol. The molecule has 1 heterocycles. The molecule has 0 saturated carbocycles. The number of aromatic hydroxyl groups is 3. The fourth-order valence-corrected chi connectivity index (χ4v) is 3.36. The standard InChI is InChI=1S/C23H27N3O5/c27-19-4-1-3-17(15-19)5-8-22(30)26-13-11-25(12-14-26)10-2-9-24-23(31)18-6-7-20(28)21(29)16-18/h1,3-8,15-16,27-29H,2,9-14H2,(H,24,31)/b8-5+. The Balaban J connectivity index is 1.35. The number of phenolic OH excluding ortho intramolecular Hbond substituents is 3. The quantitative estimate of drug-likeness (QED) is 0.306. The van der Waals surface area contributed by atoms with E-state index in [0.717, 1.165) is 31.6 Å². The van der Waals surface area contributed by atoms with Crippen molar-refractivity contribution in [1.82, 2.24) is 15.1 Å². The van der Waals surface area contributed by atoms with Gasteiger partial charge in [-0.2, -0.15) is 0 Å². The van der Waals surface area contributed by atoms with Crippen molar-refractivity contribution in [2.24, 2.45) is 0 Å². The predicted octanol–water partition coefficient (Wildman–Crippen LogP) is 1.78. The second kappa shape index (κ2) is 10.5. The lowest BCUT2D eigenvalue weighted by Crippen LogP contribution is -2.48. The number of carbonyl (C=O) groups is 2. The molecule has 8 heteroatoms. The van der Waals surface area contributed by atoms with Gasteiger partial charge in [0.1, 0.15) is 5.75 Å². The highest BCUT2D eigenvalue weighted by molar-refractivity contribution is 5.94. The average molecular weight is 425 g/mol. The number of nitrogens with one attached hydrogen (secondary N) is 1. The van der Waals surface area contributed by atoms with E-state index in [9.17, 15) is 24.9 Å². The Labute approximate surface area is 181 Å². The summed E-state index contributed by atoms with van der Waals surface area (Å²) >= 11 is 0. The molecule has 0 atom stereocenters. The Morgan fingerprint density at radius 2 is 1.74 bits per heavy atom. The van der Waals surface area contributed by atoms with Gasteiger partial charge in [0, 0.05) is 44.4 Å². The van der Waals surface area contributed by atoms with Gasteiger partial charge < -0.3 is 25.5 Å². The molecule has 31 heavy (non-hydrogen) atoms. The molecule has 0 radical (unpaired) electrons. The Kier molecular flexibility index (Phi) is 7.50.